The predicted molar refractivity (Wildman–Crippen MR) is 96.8 cm³/mol. The van der Waals surface area contributed by atoms with Crippen LogP contribution in [0.4, 0.5) is 18.0 Å². The number of hydrogen-bond acceptors (Lipinski definition) is 6. The molecule has 2 heterocycles. The SMILES string of the molecule is CCOc1cc([C@H]2NC(=O)N[C@@](O)(C(F)(F)F)[C@H]2C(=O)c2cccs2)ccc1O. The number of thiophene rings is 1. The molecule has 1 aromatic carbocycles. The van der Waals surface area contributed by atoms with Crippen molar-refractivity contribution in [3.63, 3.8) is 0 Å². The molecule has 1 aliphatic rings. The fourth-order valence-electron chi connectivity index (χ4n) is 3.18. The van der Waals surface area contributed by atoms with Gasteiger partial charge in [-0.05, 0) is 36.1 Å². The maximum absolute atomic E-state index is 13.8. The third-order valence-corrected chi connectivity index (χ3v) is 5.38. The molecule has 156 valence electrons. The Morgan fingerprint density at radius 2 is 2.07 bits per heavy atom. The second-order valence-electron chi connectivity index (χ2n) is 6.32. The standard InChI is InChI=1S/C18H17F3N2O5S/c1-2-28-11-8-9(5-6-10(11)24)14-13(15(25)12-4-3-7-29-12)17(27,18(19,20)21)23-16(26)22-14/h3-8,13-14,24,27H,2H2,1H3,(H2,22,23,26)/t13-,14-,17+/m1/s1. The average Bonchev–Trinajstić information content (AvgIpc) is 3.16. The fraction of sp³-hybridized carbons (Fsp3) is 0.333. The summed E-state index contributed by atoms with van der Waals surface area (Å²) in [5.41, 5.74) is -3.75. The highest BCUT2D eigenvalue weighted by Crippen LogP contribution is 2.45. The number of alkyl halides is 3. The summed E-state index contributed by atoms with van der Waals surface area (Å²) >= 11 is 0.915. The van der Waals surface area contributed by atoms with Crippen molar-refractivity contribution in [2.45, 2.75) is 24.9 Å². The molecule has 0 spiro atoms. The fourth-order valence-corrected chi connectivity index (χ4v) is 3.89. The summed E-state index contributed by atoms with van der Waals surface area (Å²) in [6.45, 7) is 1.81. The van der Waals surface area contributed by atoms with E-state index in [1.807, 2.05) is 0 Å². The van der Waals surface area contributed by atoms with Crippen LogP contribution in [0.3, 0.4) is 0 Å². The molecule has 1 aliphatic heterocycles. The van der Waals surface area contributed by atoms with Crippen molar-refractivity contribution in [2.24, 2.45) is 5.92 Å². The number of phenols is 1. The van der Waals surface area contributed by atoms with Gasteiger partial charge in [0.2, 0.25) is 5.72 Å². The number of halogens is 3. The number of rotatable bonds is 5. The third kappa shape index (κ3) is 3.75. The van der Waals surface area contributed by atoms with Gasteiger partial charge in [-0.25, -0.2) is 4.79 Å². The number of aromatic hydroxyl groups is 1. The number of phenolic OH excluding ortho intramolecular Hbond substituents is 1. The van der Waals surface area contributed by atoms with Crippen molar-refractivity contribution < 1.29 is 37.7 Å². The van der Waals surface area contributed by atoms with Crippen molar-refractivity contribution in [1.29, 1.82) is 0 Å². The molecule has 1 saturated heterocycles. The largest absolute Gasteiger partial charge is 0.504 e. The van der Waals surface area contributed by atoms with Crippen LogP contribution in [0.1, 0.15) is 28.2 Å². The van der Waals surface area contributed by atoms with Gasteiger partial charge in [0.25, 0.3) is 0 Å². The van der Waals surface area contributed by atoms with E-state index in [-0.39, 0.29) is 28.5 Å². The van der Waals surface area contributed by atoms with Gasteiger partial charge in [0.05, 0.1) is 17.5 Å². The highest BCUT2D eigenvalue weighted by atomic mass is 32.1. The number of urea groups is 1. The number of amides is 2. The van der Waals surface area contributed by atoms with Crippen LogP contribution < -0.4 is 15.4 Å². The number of ether oxygens (including phenoxy) is 1. The summed E-state index contributed by atoms with van der Waals surface area (Å²) in [7, 11) is 0. The first-order chi connectivity index (χ1) is 13.6. The van der Waals surface area contributed by atoms with E-state index in [2.05, 4.69) is 5.32 Å². The molecule has 4 N–H and O–H groups in total. The maximum Gasteiger partial charge on any atom is 0.437 e. The second kappa shape index (κ2) is 7.56. The van der Waals surface area contributed by atoms with Crippen LogP contribution in [-0.2, 0) is 0 Å². The van der Waals surface area contributed by atoms with Gasteiger partial charge < -0.3 is 25.6 Å². The number of benzene rings is 1. The molecule has 11 heteroatoms. The van der Waals surface area contributed by atoms with Gasteiger partial charge in [-0.15, -0.1) is 11.3 Å². The number of carbonyl (C=O) groups excluding carboxylic acids is 2. The molecule has 0 aliphatic carbocycles. The molecule has 29 heavy (non-hydrogen) atoms. The predicted octanol–water partition coefficient (Wildman–Crippen LogP) is 2.96. The van der Waals surface area contributed by atoms with Crippen molar-refractivity contribution in [2.75, 3.05) is 6.61 Å². The maximum atomic E-state index is 13.8. The zero-order chi connectivity index (χ0) is 21.4. The van der Waals surface area contributed by atoms with Crippen LogP contribution in [0.2, 0.25) is 0 Å². The summed E-state index contributed by atoms with van der Waals surface area (Å²) in [5, 5.41) is 25.6. The van der Waals surface area contributed by atoms with Gasteiger partial charge in [-0.1, -0.05) is 12.1 Å². The van der Waals surface area contributed by atoms with E-state index in [4.69, 9.17) is 4.74 Å². The van der Waals surface area contributed by atoms with Crippen molar-refractivity contribution in [1.82, 2.24) is 10.6 Å². The Morgan fingerprint density at radius 3 is 2.66 bits per heavy atom. The van der Waals surface area contributed by atoms with Crippen molar-refractivity contribution in [3.05, 3.63) is 46.2 Å². The highest BCUT2D eigenvalue weighted by Gasteiger charge is 2.66. The third-order valence-electron chi connectivity index (χ3n) is 4.50. The highest BCUT2D eigenvalue weighted by molar-refractivity contribution is 7.12. The Hall–Kier alpha value is -2.79. The van der Waals surface area contributed by atoms with E-state index < -0.39 is 35.7 Å². The molecule has 0 radical (unpaired) electrons. The van der Waals surface area contributed by atoms with Gasteiger partial charge in [-0.3, -0.25) is 4.79 Å². The minimum atomic E-state index is -5.33. The summed E-state index contributed by atoms with van der Waals surface area (Å²) in [6, 6.07) is 3.64. The van der Waals surface area contributed by atoms with E-state index in [9.17, 15) is 33.0 Å². The summed E-state index contributed by atoms with van der Waals surface area (Å²) in [5.74, 6) is -3.42. The molecule has 3 atom stereocenters. The van der Waals surface area contributed by atoms with E-state index in [1.54, 1.807) is 6.92 Å². The molecular formula is C18H17F3N2O5S. The minimum absolute atomic E-state index is 0.00978. The first-order valence-corrected chi connectivity index (χ1v) is 9.37. The number of aliphatic hydroxyl groups is 1. The van der Waals surface area contributed by atoms with Gasteiger partial charge in [0, 0.05) is 0 Å². The smallest absolute Gasteiger partial charge is 0.437 e. The summed E-state index contributed by atoms with van der Waals surface area (Å²) < 4.78 is 46.6. The molecule has 2 aromatic rings. The number of ketones is 1. The zero-order valence-corrected chi connectivity index (χ0v) is 15.8. The molecule has 7 nitrogen and oxygen atoms in total. The monoisotopic (exact) mass is 430 g/mol. The Morgan fingerprint density at radius 1 is 1.34 bits per heavy atom. The molecule has 0 bridgehead atoms. The lowest BCUT2D eigenvalue weighted by Gasteiger charge is -2.44. The van der Waals surface area contributed by atoms with Crippen molar-refractivity contribution in [3.8, 4) is 11.5 Å². The van der Waals surface area contributed by atoms with Crippen LogP contribution in [0, 0.1) is 5.92 Å². The number of nitrogens with one attached hydrogen (secondary N) is 2. The molecule has 0 saturated carbocycles. The average molecular weight is 430 g/mol. The van der Waals surface area contributed by atoms with E-state index in [1.165, 1.54) is 41.0 Å². The van der Waals surface area contributed by atoms with Crippen LogP contribution in [-0.4, -0.2) is 40.5 Å². The number of hydrogen-bond donors (Lipinski definition) is 4. The lowest BCUT2D eigenvalue weighted by molar-refractivity contribution is -0.287. The van der Waals surface area contributed by atoms with Crippen LogP contribution in [0.15, 0.2) is 35.7 Å². The Bertz CT molecular complexity index is 919. The van der Waals surface area contributed by atoms with E-state index in [0.717, 1.165) is 11.3 Å². The Kier molecular flexibility index (Phi) is 5.46. The molecule has 3 rings (SSSR count). The summed E-state index contributed by atoms with van der Waals surface area (Å²) in [4.78, 5) is 24.9. The number of Topliss-reactive ketones (excluding diaryl/α,β-unsaturated/α-hetero) is 1. The minimum Gasteiger partial charge on any atom is -0.504 e. The molecular weight excluding hydrogens is 413 g/mol. The van der Waals surface area contributed by atoms with Gasteiger partial charge in [0.1, 0.15) is 5.92 Å². The van der Waals surface area contributed by atoms with Gasteiger partial charge in [0.15, 0.2) is 17.3 Å². The van der Waals surface area contributed by atoms with Gasteiger partial charge in [-0.2, -0.15) is 13.2 Å². The zero-order valence-electron chi connectivity index (χ0n) is 15.0. The molecule has 0 unspecified atom stereocenters. The first kappa shape index (κ1) is 20.9. The lowest BCUT2D eigenvalue weighted by atomic mass is 9.78. The molecule has 1 aromatic heterocycles. The molecule has 2 amide bonds. The summed E-state index contributed by atoms with van der Waals surface area (Å²) in [6.07, 6.45) is -5.33. The Balaban J connectivity index is 2.15. The van der Waals surface area contributed by atoms with Gasteiger partial charge >= 0.3 is 12.2 Å². The molecule has 1 fully saturated rings. The first-order valence-electron chi connectivity index (χ1n) is 8.49. The van der Waals surface area contributed by atoms with E-state index >= 15 is 0 Å². The van der Waals surface area contributed by atoms with E-state index in [0.29, 0.717) is 0 Å². The normalized spacial score (nSPS) is 24.5. The van der Waals surface area contributed by atoms with Crippen LogP contribution in [0.5, 0.6) is 11.5 Å². The topological polar surface area (TPSA) is 108 Å². The Labute approximate surface area is 167 Å². The number of carbonyl (C=O) groups is 2. The van der Waals surface area contributed by atoms with Crippen LogP contribution >= 0.6 is 11.3 Å². The second-order valence-corrected chi connectivity index (χ2v) is 7.27. The van der Waals surface area contributed by atoms with Crippen LogP contribution in [0.25, 0.3) is 0 Å². The lowest BCUT2D eigenvalue weighted by Crippen LogP contribution is -2.72. The van der Waals surface area contributed by atoms with Crippen molar-refractivity contribution >= 4 is 23.2 Å². The quantitative estimate of drug-likeness (QED) is 0.546.